The highest BCUT2D eigenvalue weighted by Gasteiger charge is 2.58. The summed E-state index contributed by atoms with van der Waals surface area (Å²) in [5.41, 5.74) is 0.983. The van der Waals surface area contributed by atoms with E-state index in [4.69, 9.17) is 4.74 Å². The number of nitrogens with zero attached hydrogens (tertiary/aromatic N) is 2. The van der Waals surface area contributed by atoms with Gasteiger partial charge in [0.2, 0.25) is 0 Å². The van der Waals surface area contributed by atoms with Crippen LogP contribution in [0.1, 0.15) is 28.1 Å². The maximum atomic E-state index is 12.6. The number of fused-ring (bicyclic) bond motifs is 2. The number of carbonyl (C=O) groups excluding carboxylic acids is 1. The first-order valence-corrected chi connectivity index (χ1v) is 8.73. The fraction of sp³-hybridized carbons (Fsp3) is 0.643. The first-order chi connectivity index (χ1) is 9.71. The minimum absolute atomic E-state index is 0.0510. The van der Waals surface area contributed by atoms with E-state index in [0.717, 1.165) is 61.6 Å². The maximum absolute atomic E-state index is 12.6. The zero-order chi connectivity index (χ0) is 13.7. The van der Waals surface area contributed by atoms with Crippen molar-refractivity contribution in [2.45, 2.75) is 18.4 Å². The molecule has 3 aliphatic rings. The van der Waals surface area contributed by atoms with Crippen molar-refractivity contribution < 1.29 is 9.53 Å². The SMILES string of the molecule is O=C1c2cc(Br)sc2C2(CC2)N1CCN1CCOCC1. The van der Waals surface area contributed by atoms with Gasteiger partial charge in [0.1, 0.15) is 0 Å². The number of hydrogen-bond donors (Lipinski definition) is 0. The molecule has 1 amide bonds. The van der Waals surface area contributed by atoms with Crippen LogP contribution < -0.4 is 0 Å². The van der Waals surface area contributed by atoms with E-state index in [2.05, 4.69) is 25.7 Å². The summed E-state index contributed by atoms with van der Waals surface area (Å²) < 4.78 is 6.45. The molecule has 20 heavy (non-hydrogen) atoms. The molecule has 0 N–H and O–H groups in total. The van der Waals surface area contributed by atoms with Crippen molar-refractivity contribution >= 4 is 33.2 Å². The van der Waals surface area contributed by atoms with E-state index in [1.807, 2.05) is 6.07 Å². The summed E-state index contributed by atoms with van der Waals surface area (Å²) in [6.07, 6.45) is 2.25. The van der Waals surface area contributed by atoms with Crippen LogP contribution in [0.4, 0.5) is 0 Å². The van der Waals surface area contributed by atoms with Gasteiger partial charge in [0.25, 0.3) is 5.91 Å². The third-order valence-corrected chi connectivity index (χ3v) is 6.42. The normalized spacial score (nSPS) is 24.4. The van der Waals surface area contributed by atoms with E-state index in [-0.39, 0.29) is 11.4 Å². The van der Waals surface area contributed by atoms with Crippen LogP contribution in [0.2, 0.25) is 0 Å². The minimum atomic E-state index is 0.0510. The summed E-state index contributed by atoms with van der Waals surface area (Å²) >= 11 is 5.25. The predicted octanol–water partition coefficient (Wildman–Crippen LogP) is 2.29. The Labute approximate surface area is 130 Å². The molecule has 0 radical (unpaired) electrons. The Kier molecular flexibility index (Phi) is 3.18. The molecule has 3 heterocycles. The highest BCUT2D eigenvalue weighted by atomic mass is 79.9. The van der Waals surface area contributed by atoms with Crippen LogP contribution in [0.25, 0.3) is 0 Å². The van der Waals surface area contributed by atoms with Gasteiger partial charge in [-0.15, -0.1) is 11.3 Å². The van der Waals surface area contributed by atoms with Crippen LogP contribution in [-0.2, 0) is 10.3 Å². The summed E-state index contributed by atoms with van der Waals surface area (Å²) in [5, 5.41) is 0. The van der Waals surface area contributed by atoms with E-state index < -0.39 is 0 Å². The Morgan fingerprint density at radius 2 is 2.05 bits per heavy atom. The smallest absolute Gasteiger partial charge is 0.255 e. The average molecular weight is 357 g/mol. The van der Waals surface area contributed by atoms with Gasteiger partial charge < -0.3 is 9.64 Å². The molecule has 0 bridgehead atoms. The van der Waals surface area contributed by atoms with Crippen molar-refractivity contribution in [2.24, 2.45) is 0 Å². The molecule has 0 aromatic carbocycles. The van der Waals surface area contributed by atoms with Gasteiger partial charge in [-0.3, -0.25) is 9.69 Å². The van der Waals surface area contributed by atoms with Gasteiger partial charge in [0.15, 0.2) is 0 Å². The van der Waals surface area contributed by atoms with Crippen LogP contribution in [0, 0.1) is 0 Å². The number of ether oxygens (including phenoxy) is 1. The molecule has 4 nitrogen and oxygen atoms in total. The molecule has 1 aromatic rings. The number of hydrogen-bond acceptors (Lipinski definition) is 4. The minimum Gasteiger partial charge on any atom is -0.379 e. The third kappa shape index (κ3) is 1.96. The molecule has 1 aliphatic carbocycles. The molecule has 2 aliphatic heterocycles. The standard InChI is InChI=1S/C14H17BrN2O2S/c15-11-9-10-12(20-11)14(1-2-14)17(13(10)18)4-3-16-5-7-19-8-6-16/h9H,1-8H2. The van der Waals surface area contributed by atoms with Crippen LogP contribution in [0.15, 0.2) is 9.85 Å². The van der Waals surface area contributed by atoms with Gasteiger partial charge in [0.05, 0.1) is 28.1 Å². The lowest BCUT2D eigenvalue weighted by molar-refractivity contribution is 0.0298. The van der Waals surface area contributed by atoms with Crippen LogP contribution in [0.5, 0.6) is 0 Å². The Bertz CT molecular complexity index is 549. The summed E-state index contributed by atoms with van der Waals surface area (Å²) in [5.74, 6) is 0.229. The maximum Gasteiger partial charge on any atom is 0.255 e. The van der Waals surface area contributed by atoms with Gasteiger partial charge in [-0.05, 0) is 34.8 Å². The van der Waals surface area contributed by atoms with Crippen molar-refractivity contribution in [3.05, 3.63) is 20.3 Å². The number of morpholine rings is 1. The van der Waals surface area contributed by atoms with Gasteiger partial charge in [-0.25, -0.2) is 0 Å². The number of carbonyl (C=O) groups is 1. The molecule has 1 saturated heterocycles. The van der Waals surface area contributed by atoms with Crippen LogP contribution in [-0.4, -0.2) is 55.1 Å². The second-order valence-corrected chi connectivity index (χ2v) is 8.17. The molecule has 1 aromatic heterocycles. The molecule has 108 valence electrons. The van der Waals surface area contributed by atoms with E-state index in [1.165, 1.54) is 4.88 Å². The molecule has 4 rings (SSSR count). The molecule has 1 spiro atoms. The lowest BCUT2D eigenvalue weighted by atomic mass is 10.2. The molecular weight excluding hydrogens is 340 g/mol. The fourth-order valence-electron chi connectivity index (χ4n) is 3.32. The molecule has 0 atom stereocenters. The topological polar surface area (TPSA) is 32.8 Å². The van der Waals surface area contributed by atoms with Gasteiger partial charge in [0, 0.05) is 31.1 Å². The molecule has 0 unspecified atom stereocenters. The predicted molar refractivity (Wildman–Crippen MR) is 81.2 cm³/mol. The largest absolute Gasteiger partial charge is 0.379 e. The lowest BCUT2D eigenvalue weighted by Gasteiger charge is -2.31. The van der Waals surface area contributed by atoms with Gasteiger partial charge >= 0.3 is 0 Å². The fourth-order valence-corrected chi connectivity index (χ4v) is 5.17. The van der Waals surface area contributed by atoms with E-state index in [0.29, 0.717) is 0 Å². The van der Waals surface area contributed by atoms with Crippen molar-refractivity contribution in [2.75, 3.05) is 39.4 Å². The van der Waals surface area contributed by atoms with E-state index in [9.17, 15) is 4.79 Å². The number of rotatable bonds is 3. The first-order valence-electron chi connectivity index (χ1n) is 7.13. The highest BCUT2D eigenvalue weighted by molar-refractivity contribution is 9.11. The zero-order valence-electron chi connectivity index (χ0n) is 11.2. The Balaban J connectivity index is 1.49. The molecule has 1 saturated carbocycles. The quantitative estimate of drug-likeness (QED) is 0.832. The Hall–Kier alpha value is -0.430. The highest BCUT2D eigenvalue weighted by Crippen LogP contribution is 2.59. The second-order valence-electron chi connectivity index (χ2n) is 5.74. The zero-order valence-corrected chi connectivity index (χ0v) is 13.6. The molecular formula is C14H17BrN2O2S. The number of thiophene rings is 1. The molecule has 2 fully saturated rings. The van der Waals surface area contributed by atoms with Crippen LogP contribution in [0.3, 0.4) is 0 Å². The van der Waals surface area contributed by atoms with Crippen molar-refractivity contribution in [3.8, 4) is 0 Å². The average Bonchev–Trinajstić information content (AvgIpc) is 3.11. The first kappa shape index (κ1) is 13.2. The number of halogens is 1. The van der Waals surface area contributed by atoms with E-state index >= 15 is 0 Å². The van der Waals surface area contributed by atoms with Crippen molar-refractivity contribution in [1.82, 2.24) is 9.80 Å². The summed E-state index contributed by atoms with van der Waals surface area (Å²) in [4.78, 5) is 18.4. The summed E-state index contributed by atoms with van der Waals surface area (Å²) in [6.45, 7) is 5.42. The number of amides is 1. The Morgan fingerprint density at radius 1 is 1.30 bits per heavy atom. The lowest BCUT2D eigenvalue weighted by Crippen LogP contribution is -2.44. The van der Waals surface area contributed by atoms with E-state index in [1.54, 1.807) is 11.3 Å². The van der Waals surface area contributed by atoms with Crippen molar-refractivity contribution in [1.29, 1.82) is 0 Å². The van der Waals surface area contributed by atoms with Crippen molar-refractivity contribution in [3.63, 3.8) is 0 Å². The summed E-state index contributed by atoms with van der Waals surface area (Å²) in [6, 6.07) is 2.00. The Morgan fingerprint density at radius 3 is 2.75 bits per heavy atom. The molecule has 6 heteroatoms. The monoisotopic (exact) mass is 356 g/mol. The second kappa shape index (κ2) is 4.80. The summed E-state index contributed by atoms with van der Waals surface area (Å²) in [7, 11) is 0. The van der Waals surface area contributed by atoms with Gasteiger partial charge in [-0.2, -0.15) is 0 Å². The van der Waals surface area contributed by atoms with Crippen LogP contribution >= 0.6 is 27.3 Å². The third-order valence-electron chi connectivity index (χ3n) is 4.58. The van der Waals surface area contributed by atoms with Gasteiger partial charge in [-0.1, -0.05) is 0 Å².